The van der Waals surface area contributed by atoms with E-state index >= 15 is 0 Å². The Hall–Kier alpha value is -2.88. The highest BCUT2D eigenvalue weighted by molar-refractivity contribution is 6.21. The topological polar surface area (TPSA) is 74.6 Å². The van der Waals surface area contributed by atoms with Gasteiger partial charge in [0, 0.05) is 5.39 Å². The van der Waals surface area contributed by atoms with E-state index in [1.165, 1.54) is 6.07 Å². The van der Waals surface area contributed by atoms with Crippen LogP contribution in [0.15, 0.2) is 42.5 Å². The van der Waals surface area contributed by atoms with Gasteiger partial charge in [-0.15, -0.1) is 0 Å². The van der Waals surface area contributed by atoms with Gasteiger partial charge in [0.1, 0.15) is 0 Å². The zero-order valence-electron chi connectivity index (χ0n) is 11.3. The summed E-state index contributed by atoms with van der Waals surface area (Å²) in [5.74, 6) is -2.26. The van der Waals surface area contributed by atoms with Gasteiger partial charge in [0.2, 0.25) is 0 Å². The normalized spacial score (nSPS) is 10.9. The maximum atomic E-state index is 11.6. The molecule has 4 heteroatoms. The summed E-state index contributed by atoms with van der Waals surface area (Å²) in [6.45, 7) is 1.90. The number of carboxylic acid groups (broad SMARTS) is 2. The van der Waals surface area contributed by atoms with Gasteiger partial charge in [0.05, 0.1) is 11.1 Å². The van der Waals surface area contributed by atoms with Crippen LogP contribution in [0.4, 0.5) is 0 Å². The molecular formula is C17H12O4. The molecule has 104 valence electrons. The molecule has 0 aliphatic heterocycles. The van der Waals surface area contributed by atoms with Gasteiger partial charge in [0.15, 0.2) is 0 Å². The molecule has 2 N–H and O–H groups in total. The second kappa shape index (κ2) is 4.59. The molecule has 0 saturated heterocycles. The van der Waals surface area contributed by atoms with Gasteiger partial charge < -0.3 is 10.2 Å². The first kappa shape index (κ1) is 13.1. The van der Waals surface area contributed by atoms with Gasteiger partial charge in [-0.05, 0) is 40.8 Å². The molecule has 0 atom stereocenters. The average Bonchev–Trinajstić information content (AvgIpc) is 2.46. The third-order valence-electron chi connectivity index (χ3n) is 3.70. The van der Waals surface area contributed by atoms with Crippen molar-refractivity contribution in [3.8, 4) is 0 Å². The van der Waals surface area contributed by atoms with Crippen molar-refractivity contribution < 1.29 is 19.8 Å². The van der Waals surface area contributed by atoms with E-state index in [-0.39, 0.29) is 16.5 Å². The lowest BCUT2D eigenvalue weighted by Gasteiger charge is -2.11. The van der Waals surface area contributed by atoms with Crippen LogP contribution in [0.25, 0.3) is 21.5 Å². The van der Waals surface area contributed by atoms with E-state index in [0.717, 1.165) is 16.3 Å². The van der Waals surface area contributed by atoms with Gasteiger partial charge in [-0.25, -0.2) is 9.59 Å². The van der Waals surface area contributed by atoms with Crippen molar-refractivity contribution in [1.29, 1.82) is 0 Å². The summed E-state index contributed by atoms with van der Waals surface area (Å²) in [7, 11) is 0. The zero-order chi connectivity index (χ0) is 15.1. The summed E-state index contributed by atoms with van der Waals surface area (Å²) in [6.07, 6.45) is 0. The number of benzene rings is 3. The molecule has 0 unspecified atom stereocenters. The molecule has 0 amide bonds. The zero-order valence-corrected chi connectivity index (χ0v) is 11.3. The van der Waals surface area contributed by atoms with Crippen molar-refractivity contribution in [2.75, 3.05) is 0 Å². The highest BCUT2D eigenvalue weighted by atomic mass is 16.4. The minimum Gasteiger partial charge on any atom is -0.478 e. The van der Waals surface area contributed by atoms with Gasteiger partial charge in [-0.1, -0.05) is 30.3 Å². The summed E-state index contributed by atoms with van der Waals surface area (Å²) in [5, 5.41) is 21.4. The summed E-state index contributed by atoms with van der Waals surface area (Å²) >= 11 is 0. The Morgan fingerprint density at radius 2 is 1.43 bits per heavy atom. The van der Waals surface area contributed by atoms with E-state index in [9.17, 15) is 19.8 Å². The third-order valence-corrected chi connectivity index (χ3v) is 3.70. The maximum Gasteiger partial charge on any atom is 0.336 e. The SMILES string of the molecule is Cc1cccc2c1cc(C(=O)O)c1c(C(=O)O)cccc12. The number of hydrogen-bond donors (Lipinski definition) is 2. The van der Waals surface area contributed by atoms with Crippen LogP contribution in [-0.4, -0.2) is 22.2 Å². The fourth-order valence-corrected chi connectivity index (χ4v) is 2.74. The molecule has 0 fully saturated rings. The van der Waals surface area contributed by atoms with Crippen LogP contribution in [0.2, 0.25) is 0 Å². The minimum atomic E-state index is -1.13. The molecule has 21 heavy (non-hydrogen) atoms. The predicted octanol–water partition coefficient (Wildman–Crippen LogP) is 3.70. The first-order valence-electron chi connectivity index (χ1n) is 6.42. The average molecular weight is 280 g/mol. The number of hydrogen-bond acceptors (Lipinski definition) is 2. The second-order valence-electron chi connectivity index (χ2n) is 4.93. The summed E-state index contributed by atoms with van der Waals surface area (Å²) < 4.78 is 0. The van der Waals surface area contributed by atoms with Crippen LogP contribution in [0, 0.1) is 6.92 Å². The van der Waals surface area contributed by atoms with Crippen LogP contribution < -0.4 is 0 Å². The molecule has 0 aromatic heterocycles. The molecule has 0 aliphatic carbocycles. The third kappa shape index (κ3) is 1.92. The molecular weight excluding hydrogens is 268 g/mol. The summed E-state index contributed by atoms with van der Waals surface area (Å²) in [4.78, 5) is 23.0. The molecule has 0 heterocycles. The number of fused-ring (bicyclic) bond motifs is 3. The predicted molar refractivity (Wildman–Crippen MR) is 80.1 cm³/mol. The van der Waals surface area contributed by atoms with E-state index in [2.05, 4.69) is 0 Å². The van der Waals surface area contributed by atoms with E-state index in [4.69, 9.17) is 0 Å². The lowest BCUT2D eigenvalue weighted by molar-refractivity contribution is 0.0695. The van der Waals surface area contributed by atoms with Crippen LogP contribution >= 0.6 is 0 Å². The molecule has 3 rings (SSSR count). The molecule has 3 aromatic rings. The minimum absolute atomic E-state index is 0.00769. The van der Waals surface area contributed by atoms with E-state index in [1.807, 2.05) is 25.1 Å². The maximum absolute atomic E-state index is 11.6. The van der Waals surface area contributed by atoms with Gasteiger partial charge >= 0.3 is 11.9 Å². The Morgan fingerprint density at radius 3 is 2.10 bits per heavy atom. The lowest BCUT2D eigenvalue weighted by atomic mass is 9.92. The Morgan fingerprint density at radius 1 is 0.810 bits per heavy atom. The fraction of sp³-hybridized carbons (Fsp3) is 0.0588. The van der Waals surface area contributed by atoms with Crippen molar-refractivity contribution >= 4 is 33.5 Å². The van der Waals surface area contributed by atoms with Crippen molar-refractivity contribution in [2.45, 2.75) is 6.92 Å². The van der Waals surface area contributed by atoms with E-state index in [1.54, 1.807) is 18.2 Å². The van der Waals surface area contributed by atoms with Crippen molar-refractivity contribution in [1.82, 2.24) is 0 Å². The Labute approximate surface area is 120 Å². The molecule has 0 spiro atoms. The first-order chi connectivity index (χ1) is 10.0. The van der Waals surface area contributed by atoms with Crippen LogP contribution in [0.1, 0.15) is 26.3 Å². The Balaban J connectivity index is 2.64. The van der Waals surface area contributed by atoms with Crippen molar-refractivity contribution in [3.05, 3.63) is 59.2 Å². The first-order valence-corrected chi connectivity index (χ1v) is 6.42. The molecule has 3 aromatic carbocycles. The number of aromatic carboxylic acids is 2. The van der Waals surface area contributed by atoms with Crippen molar-refractivity contribution in [2.24, 2.45) is 0 Å². The van der Waals surface area contributed by atoms with Gasteiger partial charge in [0.25, 0.3) is 0 Å². The standard InChI is InChI=1S/C17H12O4/c1-9-4-2-5-10-11-6-3-7-12(16(18)19)15(11)14(17(20)21)8-13(9)10/h2-8H,1H3,(H,18,19)(H,20,21). The van der Waals surface area contributed by atoms with Crippen LogP contribution in [0.3, 0.4) is 0 Å². The molecule has 0 bridgehead atoms. The monoisotopic (exact) mass is 280 g/mol. The highest BCUT2D eigenvalue weighted by Crippen LogP contribution is 2.32. The molecule has 4 nitrogen and oxygen atoms in total. The number of rotatable bonds is 2. The largest absolute Gasteiger partial charge is 0.478 e. The lowest BCUT2D eigenvalue weighted by Crippen LogP contribution is -2.04. The molecule has 0 radical (unpaired) electrons. The van der Waals surface area contributed by atoms with Gasteiger partial charge in [-0.2, -0.15) is 0 Å². The number of carbonyl (C=O) groups is 2. The van der Waals surface area contributed by atoms with Crippen LogP contribution in [0.5, 0.6) is 0 Å². The van der Waals surface area contributed by atoms with Crippen LogP contribution in [-0.2, 0) is 0 Å². The molecule has 0 saturated carbocycles. The summed E-state index contributed by atoms with van der Waals surface area (Å²) in [5.41, 5.74) is 0.982. The fourth-order valence-electron chi connectivity index (χ4n) is 2.74. The number of carboxylic acids is 2. The van der Waals surface area contributed by atoms with Gasteiger partial charge in [-0.3, -0.25) is 0 Å². The van der Waals surface area contributed by atoms with E-state index in [0.29, 0.717) is 5.39 Å². The highest BCUT2D eigenvalue weighted by Gasteiger charge is 2.18. The smallest absolute Gasteiger partial charge is 0.336 e. The summed E-state index contributed by atoms with van der Waals surface area (Å²) in [6, 6.07) is 12.0. The van der Waals surface area contributed by atoms with Crippen molar-refractivity contribution in [3.63, 3.8) is 0 Å². The quantitative estimate of drug-likeness (QED) is 0.702. The number of aryl methyl sites for hydroxylation is 1. The van der Waals surface area contributed by atoms with E-state index < -0.39 is 11.9 Å². The second-order valence-corrected chi connectivity index (χ2v) is 4.93. The Bertz CT molecular complexity index is 909. The Kier molecular flexibility index (Phi) is 2.87. The molecule has 0 aliphatic rings.